The van der Waals surface area contributed by atoms with E-state index in [9.17, 15) is 0 Å². The van der Waals surface area contributed by atoms with Crippen LogP contribution in [-0.2, 0) is 6.54 Å². The number of furan rings is 1. The van der Waals surface area contributed by atoms with Crippen LogP contribution < -0.4 is 5.32 Å². The maximum absolute atomic E-state index is 5.80. The number of hydrogen-bond acceptors (Lipinski definition) is 2. The quantitative estimate of drug-likeness (QED) is 0.864. The SMILES string of the molecule is c1ccc2oc(CNC3CCCCC3)cc2c1. The van der Waals surface area contributed by atoms with Crippen LogP contribution in [0.1, 0.15) is 37.9 Å². The second-order valence-corrected chi connectivity index (χ2v) is 4.97. The van der Waals surface area contributed by atoms with Crippen LogP contribution in [0.4, 0.5) is 0 Å². The molecule has 0 atom stereocenters. The first-order valence-corrected chi connectivity index (χ1v) is 6.63. The standard InChI is InChI=1S/C15H19NO/c1-2-7-13(8-3-1)16-11-14-10-12-6-4-5-9-15(12)17-14/h4-6,9-10,13,16H,1-3,7-8,11H2. The molecule has 1 aromatic carbocycles. The van der Waals surface area contributed by atoms with Crippen molar-refractivity contribution in [3.05, 3.63) is 36.1 Å². The van der Waals surface area contributed by atoms with Crippen molar-refractivity contribution >= 4 is 11.0 Å². The van der Waals surface area contributed by atoms with E-state index in [4.69, 9.17) is 4.42 Å². The molecule has 1 aliphatic rings. The molecule has 2 aromatic rings. The van der Waals surface area contributed by atoms with E-state index in [1.54, 1.807) is 0 Å². The van der Waals surface area contributed by atoms with Crippen molar-refractivity contribution in [1.82, 2.24) is 5.32 Å². The Morgan fingerprint density at radius 1 is 1.12 bits per heavy atom. The van der Waals surface area contributed by atoms with Gasteiger partial charge >= 0.3 is 0 Å². The summed E-state index contributed by atoms with van der Waals surface area (Å²) in [5, 5.41) is 4.81. The van der Waals surface area contributed by atoms with E-state index < -0.39 is 0 Å². The van der Waals surface area contributed by atoms with Crippen LogP contribution in [-0.4, -0.2) is 6.04 Å². The highest BCUT2D eigenvalue weighted by Crippen LogP contribution is 2.20. The average Bonchev–Trinajstić information content (AvgIpc) is 2.80. The second kappa shape index (κ2) is 4.92. The predicted octanol–water partition coefficient (Wildman–Crippen LogP) is 3.86. The summed E-state index contributed by atoms with van der Waals surface area (Å²) < 4.78 is 5.80. The van der Waals surface area contributed by atoms with Gasteiger partial charge in [0.15, 0.2) is 0 Å². The lowest BCUT2D eigenvalue weighted by Crippen LogP contribution is -2.30. The molecule has 2 nitrogen and oxygen atoms in total. The number of hydrogen-bond donors (Lipinski definition) is 1. The summed E-state index contributed by atoms with van der Waals surface area (Å²) in [5.74, 6) is 1.05. The number of nitrogens with one attached hydrogen (secondary N) is 1. The van der Waals surface area contributed by atoms with E-state index >= 15 is 0 Å². The minimum Gasteiger partial charge on any atom is -0.460 e. The van der Waals surface area contributed by atoms with Crippen molar-refractivity contribution in [2.75, 3.05) is 0 Å². The third-order valence-electron chi connectivity index (χ3n) is 3.65. The van der Waals surface area contributed by atoms with Crippen molar-refractivity contribution in [3.8, 4) is 0 Å². The summed E-state index contributed by atoms with van der Waals surface area (Å²) in [5.41, 5.74) is 0.993. The molecule has 0 unspecified atom stereocenters. The number of fused-ring (bicyclic) bond motifs is 1. The molecule has 1 saturated carbocycles. The third-order valence-corrected chi connectivity index (χ3v) is 3.65. The Labute approximate surface area is 102 Å². The van der Waals surface area contributed by atoms with Crippen molar-refractivity contribution in [2.45, 2.75) is 44.7 Å². The lowest BCUT2D eigenvalue weighted by molar-refractivity contribution is 0.359. The van der Waals surface area contributed by atoms with E-state index in [-0.39, 0.29) is 0 Å². The molecule has 0 aliphatic heterocycles. The summed E-state index contributed by atoms with van der Waals surface area (Å²) in [6.45, 7) is 0.860. The average molecular weight is 229 g/mol. The van der Waals surface area contributed by atoms with E-state index in [1.807, 2.05) is 12.1 Å². The van der Waals surface area contributed by atoms with Gasteiger partial charge < -0.3 is 9.73 Å². The molecule has 0 amide bonds. The minimum atomic E-state index is 0.692. The van der Waals surface area contributed by atoms with Crippen LogP contribution >= 0.6 is 0 Å². The molecule has 0 radical (unpaired) electrons. The van der Waals surface area contributed by atoms with Gasteiger partial charge in [-0.25, -0.2) is 0 Å². The van der Waals surface area contributed by atoms with E-state index in [0.29, 0.717) is 6.04 Å². The molecule has 1 aromatic heterocycles. The summed E-state index contributed by atoms with van der Waals surface area (Å²) in [7, 11) is 0. The first kappa shape index (κ1) is 10.8. The first-order valence-electron chi connectivity index (χ1n) is 6.63. The van der Waals surface area contributed by atoms with Gasteiger partial charge in [-0.2, -0.15) is 0 Å². The van der Waals surface area contributed by atoms with Crippen molar-refractivity contribution in [3.63, 3.8) is 0 Å². The first-order chi connectivity index (χ1) is 8.42. The van der Waals surface area contributed by atoms with Gasteiger partial charge in [-0.3, -0.25) is 0 Å². The van der Waals surface area contributed by atoms with E-state index in [1.165, 1.54) is 37.5 Å². The van der Waals surface area contributed by atoms with Crippen molar-refractivity contribution < 1.29 is 4.42 Å². The number of para-hydroxylation sites is 1. The van der Waals surface area contributed by atoms with Crippen molar-refractivity contribution in [2.24, 2.45) is 0 Å². The van der Waals surface area contributed by atoms with Gasteiger partial charge in [0.2, 0.25) is 0 Å². The predicted molar refractivity (Wildman–Crippen MR) is 69.9 cm³/mol. The topological polar surface area (TPSA) is 25.2 Å². The Morgan fingerprint density at radius 2 is 1.94 bits per heavy atom. The van der Waals surface area contributed by atoms with Crippen LogP contribution in [0.3, 0.4) is 0 Å². The Hall–Kier alpha value is -1.28. The van der Waals surface area contributed by atoms with Gasteiger partial charge in [0, 0.05) is 11.4 Å². The zero-order chi connectivity index (χ0) is 11.5. The highest BCUT2D eigenvalue weighted by atomic mass is 16.3. The zero-order valence-corrected chi connectivity index (χ0v) is 10.1. The molecular formula is C15H19NO. The molecule has 2 heteroatoms. The fourth-order valence-electron chi connectivity index (χ4n) is 2.68. The maximum atomic E-state index is 5.80. The smallest absolute Gasteiger partial charge is 0.134 e. The molecule has 90 valence electrons. The van der Waals surface area contributed by atoms with Gasteiger partial charge in [-0.1, -0.05) is 37.5 Å². The van der Waals surface area contributed by atoms with Gasteiger partial charge in [0.1, 0.15) is 11.3 Å². The zero-order valence-electron chi connectivity index (χ0n) is 10.1. The molecule has 1 N–H and O–H groups in total. The fourth-order valence-corrected chi connectivity index (χ4v) is 2.68. The number of rotatable bonds is 3. The summed E-state index contributed by atoms with van der Waals surface area (Å²) in [6.07, 6.45) is 6.79. The second-order valence-electron chi connectivity index (χ2n) is 4.97. The molecule has 0 saturated heterocycles. The molecule has 0 spiro atoms. The lowest BCUT2D eigenvalue weighted by atomic mass is 9.95. The van der Waals surface area contributed by atoms with E-state index in [2.05, 4.69) is 23.5 Å². The molecule has 3 rings (SSSR count). The minimum absolute atomic E-state index is 0.692. The molecule has 1 heterocycles. The van der Waals surface area contributed by atoms with Crippen molar-refractivity contribution in [1.29, 1.82) is 0 Å². The molecule has 1 fully saturated rings. The monoisotopic (exact) mass is 229 g/mol. The number of benzene rings is 1. The van der Waals surface area contributed by atoms with Crippen LogP contribution in [0.25, 0.3) is 11.0 Å². The van der Waals surface area contributed by atoms with Crippen LogP contribution in [0.5, 0.6) is 0 Å². The largest absolute Gasteiger partial charge is 0.460 e. The highest BCUT2D eigenvalue weighted by molar-refractivity contribution is 5.77. The van der Waals surface area contributed by atoms with Crippen LogP contribution in [0.15, 0.2) is 34.7 Å². The normalized spacial score (nSPS) is 17.6. The van der Waals surface area contributed by atoms with Gasteiger partial charge in [-0.05, 0) is 25.0 Å². The Kier molecular flexibility index (Phi) is 3.14. The maximum Gasteiger partial charge on any atom is 0.134 e. The summed E-state index contributed by atoms with van der Waals surface area (Å²) >= 11 is 0. The van der Waals surface area contributed by atoms with Gasteiger partial charge in [0.25, 0.3) is 0 Å². The van der Waals surface area contributed by atoms with Crippen LogP contribution in [0.2, 0.25) is 0 Å². The molecule has 0 bridgehead atoms. The Balaban J connectivity index is 1.64. The van der Waals surface area contributed by atoms with Gasteiger partial charge in [-0.15, -0.1) is 0 Å². The van der Waals surface area contributed by atoms with Gasteiger partial charge in [0.05, 0.1) is 6.54 Å². The van der Waals surface area contributed by atoms with Crippen LogP contribution in [0, 0.1) is 0 Å². The highest BCUT2D eigenvalue weighted by Gasteiger charge is 2.13. The Morgan fingerprint density at radius 3 is 2.76 bits per heavy atom. The van der Waals surface area contributed by atoms with E-state index in [0.717, 1.165) is 17.9 Å². The molecular weight excluding hydrogens is 210 g/mol. The lowest BCUT2D eigenvalue weighted by Gasteiger charge is -2.22. The fraction of sp³-hybridized carbons (Fsp3) is 0.467. The molecule has 1 aliphatic carbocycles. The third kappa shape index (κ3) is 2.52. The summed E-state index contributed by atoms with van der Waals surface area (Å²) in [4.78, 5) is 0. The molecule has 17 heavy (non-hydrogen) atoms. The Bertz CT molecular complexity index is 449. The summed E-state index contributed by atoms with van der Waals surface area (Å²) in [6, 6.07) is 11.0.